The molecule has 4 rings (SSSR count). The minimum absolute atomic E-state index is 0.0883. The SMILES string of the molecule is Cc1ccc(Nc2nnc(SC(C)C(=O)Nc3cccc4ncccc34)s2)cc1. The van der Waals surface area contributed by atoms with Crippen LogP contribution in [-0.4, -0.2) is 26.3 Å². The van der Waals surface area contributed by atoms with Crippen molar-refractivity contribution in [3.8, 4) is 0 Å². The van der Waals surface area contributed by atoms with E-state index in [1.54, 1.807) is 6.20 Å². The van der Waals surface area contributed by atoms with Gasteiger partial charge in [-0.2, -0.15) is 0 Å². The number of benzene rings is 2. The topological polar surface area (TPSA) is 79.8 Å². The number of aryl methyl sites for hydroxylation is 1. The summed E-state index contributed by atoms with van der Waals surface area (Å²) in [6.07, 6.45) is 1.74. The second-order valence-electron chi connectivity index (χ2n) is 6.49. The molecule has 2 N–H and O–H groups in total. The third-order valence-corrected chi connectivity index (χ3v) is 6.28. The molecule has 6 nitrogen and oxygen atoms in total. The lowest BCUT2D eigenvalue weighted by molar-refractivity contribution is -0.115. The van der Waals surface area contributed by atoms with Gasteiger partial charge in [0.05, 0.1) is 16.5 Å². The van der Waals surface area contributed by atoms with Gasteiger partial charge in [0.15, 0.2) is 4.34 Å². The third-order valence-electron chi connectivity index (χ3n) is 4.26. The van der Waals surface area contributed by atoms with E-state index in [0.29, 0.717) is 5.13 Å². The van der Waals surface area contributed by atoms with Crippen LogP contribution in [0.1, 0.15) is 12.5 Å². The van der Waals surface area contributed by atoms with E-state index in [1.165, 1.54) is 28.7 Å². The van der Waals surface area contributed by atoms with Crippen LogP contribution in [-0.2, 0) is 4.79 Å². The number of amides is 1. The van der Waals surface area contributed by atoms with Crippen LogP contribution in [0.15, 0.2) is 65.1 Å². The highest BCUT2D eigenvalue weighted by molar-refractivity contribution is 8.02. The summed E-state index contributed by atoms with van der Waals surface area (Å²) in [7, 11) is 0. The molecular weight excluding hydrogens is 402 g/mol. The van der Waals surface area contributed by atoms with Gasteiger partial charge in [-0.15, -0.1) is 10.2 Å². The molecule has 146 valence electrons. The number of pyridine rings is 1. The van der Waals surface area contributed by atoms with Gasteiger partial charge in [-0.05, 0) is 50.2 Å². The molecule has 1 amide bonds. The average Bonchev–Trinajstić information content (AvgIpc) is 3.16. The molecule has 4 aromatic rings. The minimum atomic E-state index is -0.317. The van der Waals surface area contributed by atoms with Crippen molar-refractivity contribution in [3.05, 3.63) is 66.4 Å². The monoisotopic (exact) mass is 421 g/mol. The molecule has 2 heterocycles. The van der Waals surface area contributed by atoms with Crippen LogP contribution in [0, 0.1) is 6.92 Å². The van der Waals surface area contributed by atoms with Crippen molar-refractivity contribution in [1.82, 2.24) is 15.2 Å². The Kier molecular flexibility index (Phi) is 5.73. The molecule has 0 fully saturated rings. The zero-order chi connectivity index (χ0) is 20.2. The highest BCUT2D eigenvalue weighted by atomic mass is 32.2. The van der Waals surface area contributed by atoms with E-state index in [0.717, 1.165) is 26.6 Å². The molecule has 1 atom stereocenters. The Bertz CT molecular complexity index is 1140. The summed E-state index contributed by atoms with van der Waals surface area (Å²) >= 11 is 2.81. The zero-order valence-electron chi connectivity index (χ0n) is 15.9. The summed E-state index contributed by atoms with van der Waals surface area (Å²) in [6.45, 7) is 3.91. The van der Waals surface area contributed by atoms with Crippen molar-refractivity contribution in [2.45, 2.75) is 23.4 Å². The molecule has 0 saturated carbocycles. The Morgan fingerprint density at radius 1 is 1.07 bits per heavy atom. The highest BCUT2D eigenvalue weighted by Gasteiger charge is 2.18. The van der Waals surface area contributed by atoms with E-state index in [1.807, 2.05) is 68.4 Å². The molecule has 0 radical (unpaired) electrons. The number of nitrogens with zero attached hydrogens (tertiary/aromatic N) is 3. The number of hydrogen-bond acceptors (Lipinski definition) is 7. The predicted molar refractivity (Wildman–Crippen MR) is 120 cm³/mol. The number of hydrogen-bond donors (Lipinski definition) is 2. The van der Waals surface area contributed by atoms with E-state index in [-0.39, 0.29) is 11.2 Å². The van der Waals surface area contributed by atoms with Crippen LogP contribution in [0.25, 0.3) is 10.9 Å². The van der Waals surface area contributed by atoms with Crippen LogP contribution >= 0.6 is 23.1 Å². The van der Waals surface area contributed by atoms with Crippen molar-refractivity contribution >= 4 is 56.4 Å². The van der Waals surface area contributed by atoms with Crippen LogP contribution in [0.4, 0.5) is 16.5 Å². The van der Waals surface area contributed by atoms with Gasteiger partial charge in [-0.1, -0.05) is 46.9 Å². The first-order valence-electron chi connectivity index (χ1n) is 9.07. The van der Waals surface area contributed by atoms with Gasteiger partial charge in [0.1, 0.15) is 0 Å². The highest BCUT2D eigenvalue weighted by Crippen LogP contribution is 2.31. The summed E-state index contributed by atoms with van der Waals surface area (Å²) in [5, 5.41) is 15.9. The Morgan fingerprint density at radius 3 is 2.72 bits per heavy atom. The van der Waals surface area contributed by atoms with Crippen LogP contribution in [0.3, 0.4) is 0 Å². The Labute approximate surface area is 176 Å². The molecule has 0 spiro atoms. The number of aromatic nitrogens is 3. The van der Waals surface area contributed by atoms with E-state index in [2.05, 4.69) is 25.8 Å². The zero-order valence-corrected chi connectivity index (χ0v) is 17.6. The minimum Gasteiger partial charge on any atom is -0.330 e. The van der Waals surface area contributed by atoms with Crippen molar-refractivity contribution in [1.29, 1.82) is 0 Å². The summed E-state index contributed by atoms with van der Waals surface area (Å²) in [4.78, 5) is 17.0. The summed E-state index contributed by atoms with van der Waals surface area (Å²) in [5.41, 5.74) is 3.76. The summed E-state index contributed by atoms with van der Waals surface area (Å²) in [5.74, 6) is -0.0883. The maximum atomic E-state index is 12.7. The van der Waals surface area contributed by atoms with Gasteiger partial charge in [0.25, 0.3) is 0 Å². The number of thioether (sulfide) groups is 1. The Balaban J connectivity index is 1.40. The second kappa shape index (κ2) is 8.59. The Morgan fingerprint density at radius 2 is 1.90 bits per heavy atom. The smallest absolute Gasteiger partial charge is 0.237 e. The maximum Gasteiger partial charge on any atom is 0.237 e. The van der Waals surface area contributed by atoms with Gasteiger partial charge in [0, 0.05) is 17.3 Å². The van der Waals surface area contributed by atoms with E-state index < -0.39 is 0 Å². The van der Waals surface area contributed by atoms with E-state index in [9.17, 15) is 4.79 Å². The third kappa shape index (κ3) is 4.72. The first kappa shape index (κ1) is 19.4. The molecule has 0 aliphatic carbocycles. The average molecular weight is 422 g/mol. The van der Waals surface area contributed by atoms with E-state index >= 15 is 0 Å². The lowest BCUT2D eigenvalue weighted by atomic mass is 10.2. The molecule has 2 aromatic carbocycles. The molecule has 0 saturated heterocycles. The number of anilines is 3. The maximum absolute atomic E-state index is 12.7. The number of carbonyl (C=O) groups is 1. The molecule has 8 heteroatoms. The van der Waals surface area contributed by atoms with Crippen molar-refractivity contribution in [3.63, 3.8) is 0 Å². The van der Waals surface area contributed by atoms with E-state index in [4.69, 9.17) is 0 Å². The van der Waals surface area contributed by atoms with Gasteiger partial charge in [0.2, 0.25) is 11.0 Å². The lowest BCUT2D eigenvalue weighted by Crippen LogP contribution is -2.22. The van der Waals surface area contributed by atoms with Gasteiger partial charge in [-0.25, -0.2) is 0 Å². The fourth-order valence-corrected chi connectivity index (χ4v) is 4.64. The van der Waals surface area contributed by atoms with Crippen LogP contribution in [0.5, 0.6) is 0 Å². The fourth-order valence-electron chi connectivity index (χ4n) is 2.72. The van der Waals surface area contributed by atoms with Crippen molar-refractivity contribution < 1.29 is 4.79 Å². The van der Waals surface area contributed by atoms with Crippen LogP contribution < -0.4 is 10.6 Å². The number of nitrogens with one attached hydrogen (secondary N) is 2. The summed E-state index contributed by atoms with van der Waals surface area (Å²) < 4.78 is 0.738. The Hall–Kier alpha value is -2.97. The number of rotatable bonds is 6. The van der Waals surface area contributed by atoms with Gasteiger partial charge in [-0.3, -0.25) is 9.78 Å². The molecule has 29 heavy (non-hydrogen) atoms. The molecule has 0 aliphatic rings. The van der Waals surface area contributed by atoms with Crippen molar-refractivity contribution in [2.75, 3.05) is 10.6 Å². The molecule has 1 unspecified atom stereocenters. The molecule has 2 aromatic heterocycles. The fraction of sp³-hybridized carbons (Fsp3) is 0.143. The van der Waals surface area contributed by atoms with Crippen molar-refractivity contribution in [2.24, 2.45) is 0 Å². The predicted octanol–water partition coefficient (Wildman–Crippen LogP) is 5.26. The normalized spacial score (nSPS) is 11.9. The molecule has 0 bridgehead atoms. The lowest BCUT2D eigenvalue weighted by Gasteiger charge is -2.12. The first-order chi connectivity index (χ1) is 14.1. The van der Waals surface area contributed by atoms with Crippen LogP contribution in [0.2, 0.25) is 0 Å². The number of fused-ring (bicyclic) bond motifs is 1. The van der Waals surface area contributed by atoms with Gasteiger partial charge >= 0.3 is 0 Å². The summed E-state index contributed by atoms with van der Waals surface area (Å²) in [6, 6.07) is 17.6. The molecular formula is C21H19N5OS2. The van der Waals surface area contributed by atoms with Gasteiger partial charge < -0.3 is 10.6 Å². The second-order valence-corrected chi connectivity index (χ2v) is 9.05. The standard InChI is InChI=1S/C21H19N5OS2/c1-13-8-10-15(11-9-13)23-20-25-26-21(29-20)28-14(2)19(27)24-18-7-3-6-17-16(18)5-4-12-22-17/h3-12,14H,1-2H3,(H,23,25)(H,24,27). The first-order valence-corrected chi connectivity index (χ1v) is 10.8. The number of carbonyl (C=O) groups excluding carboxylic acids is 1. The largest absolute Gasteiger partial charge is 0.330 e. The quantitative estimate of drug-likeness (QED) is 0.414. The molecule has 0 aliphatic heterocycles.